The molecule has 0 spiro atoms. The van der Waals surface area contributed by atoms with Gasteiger partial charge in [0.05, 0.1) is 12.2 Å². The van der Waals surface area contributed by atoms with Crippen molar-refractivity contribution in [2.24, 2.45) is 0 Å². The molecule has 4 nitrogen and oxygen atoms in total. The Balaban J connectivity index is 1.42. The highest BCUT2D eigenvalue weighted by atomic mass is 32.2. The minimum Gasteiger partial charge on any atom is -0.351 e. The first-order chi connectivity index (χ1) is 13.5. The molecule has 0 unspecified atom stereocenters. The van der Waals surface area contributed by atoms with Crippen LogP contribution in [0.5, 0.6) is 0 Å². The Labute approximate surface area is 171 Å². The fraction of sp³-hybridized carbons (Fsp3) is 0.304. The predicted octanol–water partition coefficient (Wildman–Crippen LogP) is 4.52. The number of rotatable bonds is 8. The van der Waals surface area contributed by atoms with Crippen LogP contribution in [0.1, 0.15) is 38.4 Å². The van der Waals surface area contributed by atoms with E-state index in [2.05, 4.69) is 54.6 Å². The van der Waals surface area contributed by atoms with E-state index in [-0.39, 0.29) is 5.91 Å². The zero-order valence-corrected chi connectivity index (χ0v) is 17.6. The Morgan fingerprint density at radius 2 is 1.82 bits per heavy atom. The van der Waals surface area contributed by atoms with Gasteiger partial charge in [0.25, 0.3) is 5.91 Å². The van der Waals surface area contributed by atoms with Crippen LogP contribution in [0.3, 0.4) is 0 Å². The van der Waals surface area contributed by atoms with E-state index in [9.17, 15) is 4.79 Å². The summed E-state index contributed by atoms with van der Waals surface area (Å²) in [6.45, 7) is 7.55. The molecule has 1 heterocycles. The topological polar surface area (TPSA) is 46.9 Å². The lowest BCUT2D eigenvalue weighted by Crippen LogP contribution is -2.25. The van der Waals surface area contributed by atoms with Crippen molar-refractivity contribution in [1.82, 2.24) is 15.1 Å². The molecule has 0 aliphatic rings. The Bertz CT molecular complexity index is 931. The second-order valence-electron chi connectivity index (χ2n) is 7.08. The molecule has 1 N–H and O–H groups in total. The van der Waals surface area contributed by atoms with Crippen molar-refractivity contribution >= 4 is 17.7 Å². The predicted molar refractivity (Wildman–Crippen MR) is 117 cm³/mol. The van der Waals surface area contributed by atoms with Crippen LogP contribution in [-0.2, 0) is 12.3 Å². The number of nitrogens with zero attached hydrogens (tertiary/aromatic N) is 2. The number of aromatic nitrogens is 2. The van der Waals surface area contributed by atoms with Gasteiger partial charge in [0, 0.05) is 29.3 Å². The van der Waals surface area contributed by atoms with Gasteiger partial charge >= 0.3 is 0 Å². The normalized spacial score (nSPS) is 10.8. The summed E-state index contributed by atoms with van der Waals surface area (Å²) in [7, 11) is 0. The first-order valence-electron chi connectivity index (χ1n) is 9.53. The lowest BCUT2D eigenvalue weighted by Gasteiger charge is -2.08. The summed E-state index contributed by atoms with van der Waals surface area (Å²) < 4.78 is 1.98. The summed E-state index contributed by atoms with van der Waals surface area (Å²) in [6.07, 6.45) is 0. The highest BCUT2D eigenvalue weighted by Gasteiger charge is 2.06. The molecule has 0 aliphatic heterocycles. The van der Waals surface area contributed by atoms with E-state index in [0.717, 1.165) is 35.0 Å². The first-order valence-corrected chi connectivity index (χ1v) is 10.7. The summed E-state index contributed by atoms with van der Waals surface area (Å²) in [5.74, 6) is 1.85. The molecular formula is C23H27N3OS. The van der Waals surface area contributed by atoms with Crippen LogP contribution in [-0.4, -0.2) is 28.0 Å². The smallest absolute Gasteiger partial charge is 0.251 e. The Morgan fingerprint density at radius 3 is 2.50 bits per heavy atom. The highest BCUT2D eigenvalue weighted by Crippen LogP contribution is 2.13. The summed E-state index contributed by atoms with van der Waals surface area (Å²) in [5, 5.41) is 7.48. The zero-order chi connectivity index (χ0) is 19.9. The molecule has 2 aromatic carbocycles. The maximum Gasteiger partial charge on any atom is 0.251 e. The molecule has 1 aromatic heterocycles. The molecule has 1 amide bonds. The Kier molecular flexibility index (Phi) is 6.93. The molecule has 0 saturated carbocycles. The van der Waals surface area contributed by atoms with Crippen molar-refractivity contribution in [3.8, 4) is 0 Å². The van der Waals surface area contributed by atoms with Crippen molar-refractivity contribution < 1.29 is 4.79 Å². The van der Waals surface area contributed by atoms with E-state index in [1.807, 2.05) is 47.6 Å². The van der Waals surface area contributed by atoms with Gasteiger partial charge in [-0.3, -0.25) is 9.48 Å². The van der Waals surface area contributed by atoms with E-state index in [4.69, 9.17) is 0 Å². The maximum atomic E-state index is 12.3. The molecule has 3 aromatic rings. The van der Waals surface area contributed by atoms with Gasteiger partial charge in [-0.2, -0.15) is 16.9 Å². The van der Waals surface area contributed by atoms with Gasteiger partial charge in [0.1, 0.15) is 0 Å². The average Bonchev–Trinajstić information content (AvgIpc) is 2.99. The van der Waals surface area contributed by atoms with Gasteiger partial charge in [0.2, 0.25) is 0 Å². The van der Waals surface area contributed by atoms with Gasteiger partial charge in [-0.05, 0) is 50.1 Å². The molecule has 0 fully saturated rings. The second kappa shape index (κ2) is 9.60. The van der Waals surface area contributed by atoms with Gasteiger partial charge in [-0.1, -0.05) is 42.0 Å². The molecular weight excluding hydrogens is 366 g/mol. The van der Waals surface area contributed by atoms with Crippen molar-refractivity contribution in [1.29, 1.82) is 0 Å². The number of hydrogen-bond donors (Lipinski definition) is 1. The number of thioether (sulfide) groups is 1. The van der Waals surface area contributed by atoms with E-state index >= 15 is 0 Å². The number of amides is 1. The Morgan fingerprint density at radius 1 is 1.04 bits per heavy atom. The van der Waals surface area contributed by atoms with Crippen molar-refractivity contribution in [3.05, 3.63) is 88.2 Å². The van der Waals surface area contributed by atoms with Crippen LogP contribution in [0.15, 0.2) is 54.6 Å². The van der Waals surface area contributed by atoms with Crippen LogP contribution in [0.4, 0.5) is 0 Å². The number of hydrogen-bond acceptors (Lipinski definition) is 3. The van der Waals surface area contributed by atoms with Crippen LogP contribution >= 0.6 is 11.8 Å². The largest absolute Gasteiger partial charge is 0.351 e. The van der Waals surface area contributed by atoms with E-state index < -0.39 is 0 Å². The Hall–Kier alpha value is -2.53. The van der Waals surface area contributed by atoms with Gasteiger partial charge in [-0.15, -0.1) is 0 Å². The molecule has 28 heavy (non-hydrogen) atoms. The van der Waals surface area contributed by atoms with Crippen LogP contribution in [0.2, 0.25) is 0 Å². The van der Waals surface area contributed by atoms with Gasteiger partial charge in [0.15, 0.2) is 0 Å². The number of nitrogens with one attached hydrogen (secondary N) is 1. The molecule has 146 valence electrons. The quantitative estimate of drug-likeness (QED) is 0.573. The third-order valence-corrected chi connectivity index (χ3v) is 5.57. The van der Waals surface area contributed by atoms with Crippen molar-refractivity contribution in [2.45, 2.75) is 33.1 Å². The maximum absolute atomic E-state index is 12.3. The summed E-state index contributed by atoms with van der Waals surface area (Å²) in [6, 6.07) is 18.4. The van der Waals surface area contributed by atoms with E-state index in [1.54, 1.807) is 0 Å². The fourth-order valence-electron chi connectivity index (χ4n) is 3.10. The SMILES string of the molecule is Cc1cccc(CSCCNC(=O)c2ccc(Cn3nc(C)cc3C)cc2)c1. The zero-order valence-electron chi connectivity index (χ0n) is 16.7. The lowest BCUT2D eigenvalue weighted by molar-refractivity contribution is 0.0956. The summed E-state index contributed by atoms with van der Waals surface area (Å²) in [4.78, 5) is 12.3. The van der Waals surface area contributed by atoms with Crippen LogP contribution in [0.25, 0.3) is 0 Å². The third-order valence-electron chi connectivity index (χ3n) is 4.53. The lowest BCUT2D eigenvalue weighted by atomic mass is 10.1. The molecule has 0 atom stereocenters. The molecule has 5 heteroatoms. The third kappa shape index (κ3) is 5.73. The van der Waals surface area contributed by atoms with Crippen molar-refractivity contribution in [2.75, 3.05) is 12.3 Å². The standard InChI is InChI=1S/C23H27N3OS/c1-17-5-4-6-21(13-17)16-28-12-11-24-23(27)22-9-7-20(8-10-22)15-26-19(3)14-18(2)25-26/h4-10,13-14H,11-12,15-16H2,1-3H3,(H,24,27). The van der Waals surface area contributed by atoms with Gasteiger partial charge < -0.3 is 5.32 Å². The van der Waals surface area contributed by atoms with Gasteiger partial charge in [-0.25, -0.2) is 0 Å². The van der Waals surface area contributed by atoms with Crippen LogP contribution in [0, 0.1) is 20.8 Å². The molecule has 0 radical (unpaired) electrons. The summed E-state index contributed by atoms with van der Waals surface area (Å²) >= 11 is 1.83. The van der Waals surface area contributed by atoms with Crippen molar-refractivity contribution in [3.63, 3.8) is 0 Å². The number of carbonyl (C=O) groups is 1. The first kappa shape index (κ1) is 20.2. The minimum atomic E-state index is -0.0196. The fourth-order valence-corrected chi connectivity index (χ4v) is 3.91. The molecule has 0 bridgehead atoms. The summed E-state index contributed by atoms with van der Waals surface area (Å²) in [5.41, 5.74) is 6.61. The van der Waals surface area contributed by atoms with E-state index in [0.29, 0.717) is 12.1 Å². The number of aryl methyl sites for hydroxylation is 3. The average molecular weight is 394 g/mol. The molecule has 0 saturated heterocycles. The number of carbonyl (C=O) groups excluding carboxylic acids is 1. The molecule has 0 aliphatic carbocycles. The second-order valence-corrected chi connectivity index (χ2v) is 8.18. The number of benzene rings is 2. The van der Waals surface area contributed by atoms with Crippen LogP contribution < -0.4 is 5.32 Å². The van der Waals surface area contributed by atoms with E-state index in [1.165, 1.54) is 11.1 Å². The monoisotopic (exact) mass is 393 g/mol. The minimum absolute atomic E-state index is 0.0196. The highest BCUT2D eigenvalue weighted by molar-refractivity contribution is 7.98. The molecule has 3 rings (SSSR count).